The number of fused-ring (bicyclic) bond motifs is 39. The number of para-hydroxylation sites is 1. The van der Waals surface area contributed by atoms with Crippen LogP contribution in [0.4, 0.5) is 0 Å². The molecular formula is C132H174N6. The Morgan fingerprint density at radius 2 is 0.449 bits per heavy atom. The van der Waals surface area contributed by atoms with Gasteiger partial charge in [0.25, 0.3) is 0 Å². The Bertz CT molecular complexity index is 5680. The molecule has 3 atom stereocenters. The van der Waals surface area contributed by atoms with Crippen molar-refractivity contribution in [3.8, 4) is 33.4 Å². The first-order valence-electron chi connectivity index (χ1n) is 53.9. The first-order chi connectivity index (χ1) is 68.1. The molecule has 0 saturated carbocycles. The van der Waals surface area contributed by atoms with Crippen molar-refractivity contribution >= 4 is 66.1 Å². The van der Waals surface area contributed by atoms with Crippen molar-refractivity contribution in [3.05, 3.63) is 393 Å². The zero-order chi connectivity index (χ0) is 103. The van der Waals surface area contributed by atoms with Gasteiger partial charge in [-0.15, -0.1) is 0 Å². The lowest BCUT2D eigenvalue weighted by Crippen LogP contribution is -2.27. The third-order valence-electron chi connectivity index (χ3n) is 22.8. The molecule has 6 aromatic heterocycles. The van der Waals surface area contributed by atoms with Crippen molar-refractivity contribution in [2.45, 2.75) is 323 Å². The van der Waals surface area contributed by atoms with Crippen LogP contribution in [0.3, 0.4) is 0 Å². The van der Waals surface area contributed by atoms with Crippen LogP contribution >= 0.6 is 0 Å². The van der Waals surface area contributed by atoms with Crippen LogP contribution in [0, 0.1) is 0 Å². The summed E-state index contributed by atoms with van der Waals surface area (Å²) >= 11 is 0. The summed E-state index contributed by atoms with van der Waals surface area (Å²) in [4.78, 5) is 29.3. The van der Waals surface area contributed by atoms with E-state index in [2.05, 4.69) is 343 Å². The number of benzene rings is 9. The van der Waals surface area contributed by atoms with E-state index in [1.807, 2.05) is 203 Å². The van der Waals surface area contributed by atoms with E-state index in [1.54, 1.807) is 0 Å². The minimum absolute atomic E-state index is 0.332. The van der Waals surface area contributed by atoms with Gasteiger partial charge in [0.1, 0.15) is 0 Å². The first-order valence-corrected chi connectivity index (χ1v) is 53.9. The lowest BCUT2D eigenvalue weighted by molar-refractivity contribution is 0.831. The lowest BCUT2D eigenvalue weighted by atomic mass is 9.69. The number of aromatic nitrogens is 6. The van der Waals surface area contributed by atoms with Crippen LogP contribution in [0.25, 0.3) is 99.5 Å². The molecule has 9 aromatic carbocycles. The third kappa shape index (κ3) is 22.1. The maximum Gasteiger partial charge on any atom is 0.0783 e. The molecule has 3 unspecified atom stereocenters. The highest BCUT2D eigenvalue weighted by Gasteiger charge is 2.59. The molecule has 9 aliphatic carbocycles. The monoisotopic (exact) mass is 1840 g/mol. The number of pyridine rings is 6. The van der Waals surface area contributed by atoms with Crippen LogP contribution < -0.4 is 0 Å². The van der Waals surface area contributed by atoms with Crippen molar-refractivity contribution in [1.29, 1.82) is 0 Å². The molecule has 0 aliphatic heterocycles. The van der Waals surface area contributed by atoms with Gasteiger partial charge in [0, 0.05) is 94.9 Å². The third-order valence-corrected chi connectivity index (χ3v) is 22.8. The summed E-state index contributed by atoms with van der Waals surface area (Å²) in [5.74, 6) is 0. The van der Waals surface area contributed by atoms with Crippen molar-refractivity contribution in [2.24, 2.45) is 0 Å². The Kier molecular flexibility index (Phi) is 52.5. The molecule has 6 nitrogen and oxygen atoms in total. The fraction of sp³-hybridized carbons (Fsp3) is 0.364. The van der Waals surface area contributed by atoms with Crippen LogP contribution in [0.15, 0.2) is 292 Å². The zero-order valence-electron chi connectivity index (χ0n) is 92.3. The van der Waals surface area contributed by atoms with E-state index >= 15 is 0 Å². The maximum absolute atomic E-state index is 4.95. The molecule has 138 heavy (non-hydrogen) atoms. The van der Waals surface area contributed by atoms with Crippen LogP contribution in [-0.2, 0) is 35.5 Å². The number of allylic oxidation sites excluding steroid dienone is 6. The predicted molar refractivity (Wildman–Crippen MR) is 617 cm³/mol. The second-order valence-electron chi connectivity index (χ2n) is 31.1. The van der Waals surface area contributed by atoms with Crippen LogP contribution in [-0.4, -0.2) is 29.9 Å². The van der Waals surface area contributed by atoms with Gasteiger partial charge in [-0.05, 0) is 170 Å². The Labute approximate surface area is 839 Å². The average molecular weight is 1840 g/mol. The van der Waals surface area contributed by atoms with Gasteiger partial charge < -0.3 is 0 Å². The standard InChI is InChI=1S/3C30H18N2.6C3H8.12C2H6/c1-4-12-23-19(9-1)22-16-18-8-7-15-31-29(18)28(22)30(23)24-13-5-2-10-20(24)27-21-11-3-6-14-26(21)32-17-25(27)30;1-3-11-23-20(9-1)22-17-19-8-6-16-32-29(19)27(22)30(23)24-12-4-2-10-21(24)26-25(30)14-13-18-7-5-15-31-28(18)26;1-3-11-23-19(8-1)22-17-18-7-5-16-32-29(18)28(22)30(23)24-12-4-2-9-20(24)27-21-10-6-15-31-26(21)14-13-25(27)30;6*1-3-2;12*1-2/h1-15,17H,16H2;2*1-16H,17H2;6*3H2,1-2H3;12*1-2H3. The molecule has 9 aliphatic rings. The van der Waals surface area contributed by atoms with Crippen molar-refractivity contribution in [3.63, 3.8) is 0 Å². The SMILES string of the molecule is CC.CC.CC.CC.CC.CC.CC.CC.CC.CC.CC.CC.CCC.CCC.CCC.CCC.CCC.CCC.c1cnc2c(c1)CC1=C2C2(c3ccccc31)c1ccccc1-c1c2ccc2cccnc12.c1cnc2c(c1)CC1=C2C2(c3ccccc31)c1ccccc1-c1c2ccc2ncccc12.c1cnc2c(c1)CC1=C2C2(c3ccccc31)c1ccccc1-c1c2cnc2ccccc12. The fourth-order valence-electron chi connectivity index (χ4n) is 19.6. The molecule has 15 aromatic rings. The predicted octanol–water partition coefficient (Wildman–Crippen LogP) is 40.1. The minimum Gasteiger partial charge on any atom is -0.256 e. The van der Waals surface area contributed by atoms with Crippen LogP contribution in [0.2, 0.25) is 0 Å². The number of hydrogen-bond acceptors (Lipinski definition) is 6. The molecule has 0 fully saturated rings. The highest BCUT2D eigenvalue weighted by Crippen LogP contribution is 2.71. The van der Waals surface area contributed by atoms with Gasteiger partial charge in [0.15, 0.2) is 0 Å². The highest BCUT2D eigenvalue weighted by atomic mass is 14.8. The Hall–Kier alpha value is -12.1. The minimum atomic E-state index is -0.367. The van der Waals surface area contributed by atoms with Crippen LogP contribution in [0.1, 0.15) is 388 Å². The van der Waals surface area contributed by atoms with Gasteiger partial charge in [-0.1, -0.05) is 500 Å². The van der Waals surface area contributed by atoms with Gasteiger partial charge in [-0.25, -0.2) is 0 Å². The summed E-state index contributed by atoms with van der Waals surface area (Å²) in [5, 5.41) is 3.63. The fourth-order valence-corrected chi connectivity index (χ4v) is 19.6. The van der Waals surface area contributed by atoms with Gasteiger partial charge in [-0.2, -0.15) is 0 Å². The molecule has 0 N–H and O–H groups in total. The normalized spacial score (nSPS) is 14.6. The molecule has 0 bridgehead atoms. The lowest BCUT2D eigenvalue weighted by Gasteiger charge is -2.32. The van der Waals surface area contributed by atoms with Crippen molar-refractivity contribution in [1.82, 2.24) is 29.9 Å². The smallest absolute Gasteiger partial charge is 0.0783 e. The van der Waals surface area contributed by atoms with Crippen molar-refractivity contribution in [2.75, 3.05) is 0 Å². The zero-order valence-corrected chi connectivity index (χ0v) is 92.3. The molecule has 6 heteroatoms. The average Bonchev–Trinajstić information content (AvgIpc) is 1.51. The Morgan fingerprint density at radius 3 is 0.812 bits per heavy atom. The van der Waals surface area contributed by atoms with E-state index in [0.29, 0.717) is 0 Å². The van der Waals surface area contributed by atoms with E-state index in [1.165, 1.54) is 205 Å². The van der Waals surface area contributed by atoms with Gasteiger partial charge >= 0.3 is 0 Å². The summed E-state index contributed by atoms with van der Waals surface area (Å²) in [7, 11) is 0. The van der Waals surface area contributed by atoms with E-state index < -0.39 is 0 Å². The maximum atomic E-state index is 4.95. The second-order valence-corrected chi connectivity index (χ2v) is 31.1. The topological polar surface area (TPSA) is 77.3 Å². The van der Waals surface area contributed by atoms with Gasteiger partial charge in [0.05, 0.1) is 49.9 Å². The summed E-state index contributed by atoms with van der Waals surface area (Å²) in [6, 6.07) is 92.7. The van der Waals surface area contributed by atoms with Crippen molar-refractivity contribution < 1.29 is 0 Å². The number of nitrogens with zero attached hydrogens (tertiary/aromatic N) is 6. The largest absolute Gasteiger partial charge is 0.256 e. The molecule has 24 rings (SSSR count). The van der Waals surface area contributed by atoms with Gasteiger partial charge in [-0.3, -0.25) is 29.9 Å². The first kappa shape index (κ1) is 118. The quantitative estimate of drug-likeness (QED) is 0.151. The van der Waals surface area contributed by atoms with E-state index in [-0.39, 0.29) is 16.2 Å². The Morgan fingerprint density at radius 1 is 0.203 bits per heavy atom. The summed E-state index contributed by atoms with van der Waals surface area (Å²) in [5.41, 5.74) is 42.1. The Balaban J connectivity index is 0.000000361. The molecule has 0 radical (unpaired) electrons. The van der Waals surface area contributed by atoms with E-state index in [4.69, 9.17) is 24.9 Å². The molecule has 0 saturated heterocycles. The molecule has 0 amide bonds. The summed E-state index contributed by atoms with van der Waals surface area (Å²) < 4.78 is 0. The highest BCUT2D eigenvalue weighted by molar-refractivity contribution is 6.18. The molecule has 3 spiro atoms. The van der Waals surface area contributed by atoms with E-state index in [9.17, 15) is 0 Å². The number of hydrogen-bond donors (Lipinski definition) is 0. The summed E-state index contributed by atoms with van der Waals surface area (Å²) in [6.45, 7) is 73.5. The molecular weight excluding hydrogens is 1670 g/mol. The van der Waals surface area contributed by atoms with Gasteiger partial charge in [0.2, 0.25) is 0 Å². The molecule has 732 valence electrons. The summed E-state index contributed by atoms with van der Waals surface area (Å²) in [6.07, 6.45) is 22.1. The second kappa shape index (κ2) is 61.3. The van der Waals surface area contributed by atoms with E-state index in [0.717, 1.165) is 52.9 Å². The number of rotatable bonds is 0. The molecule has 6 heterocycles. The van der Waals surface area contributed by atoms with Crippen LogP contribution in [0.5, 0.6) is 0 Å².